The van der Waals surface area contributed by atoms with E-state index in [2.05, 4.69) is 48.4 Å². The molecule has 0 radical (unpaired) electrons. The van der Waals surface area contributed by atoms with E-state index < -0.39 is 0 Å². The summed E-state index contributed by atoms with van der Waals surface area (Å²) >= 11 is 0. The molecule has 2 rings (SSSR count). The lowest BCUT2D eigenvalue weighted by Gasteiger charge is -2.19. The molecule has 2 unspecified atom stereocenters. The first kappa shape index (κ1) is 22.0. The number of unbranched alkanes of at least 4 members (excludes halogenated alkanes) is 2. The highest BCUT2D eigenvalue weighted by Gasteiger charge is 2.21. The number of hydrogen-bond donors (Lipinski definition) is 2. The van der Waals surface area contributed by atoms with Gasteiger partial charge in [0.05, 0.1) is 12.4 Å². The van der Waals surface area contributed by atoms with Gasteiger partial charge in [-0.2, -0.15) is 0 Å². The monoisotopic (exact) mass is 438 g/mol. The van der Waals surface area contributed by atoms with Crippen LogP contribution in [0, 0.1) is 0 Å². The van der Waals surface area contributed by atoms with Gasteiger partial charge in [0.15, 0.2) is 13.3 Å². The summed E-state index contributed by atoms with van der Waals surface area (Å²) in [6.45, 7) is 11.8. The standard InChI is InChI=1S/C16H30N4.2BrH/c1-3-5-7-17-9-11-19(15-17)13-14-20-12-10-18(16-20)8-6-4-2;;/h9-12H,3-8,13-16H2,1-2H3;2*1H. The second kappa shape index (κ2) is 12.4. The number of rotatable bonds is 9. The fourth-order valence-electron chi connectivity index (χ4n) is 2.83. The first-order chi connectivity index (χ1) is 9.81. The van der Waals surface area contributed by atoms with Crippen molar-refractivity contribution in [2.24, 2.45) is 0 Å². The molecule has 0 aliphatic carbocycles. The van der Waals surface area contributed by atoms with Crippen molar-refractivity contribution < 1.29 is 43.8 Å². The maximum atomic E-state index is 2.46. The van der Waals surface area contributed by atoms with E-state index in [1.165, 1.54) is 51.9 Å². The molecular formula is C16H32Br2N4. The van der Waals surface area contributed by atoms with Gasteiger partial charge in [-0.25, -0.2) is 0 Å². The zero-order valence-electron chi connectivity index (χ0n) is 14.0. The van der Waals surface area contributed by atoms with E-state index >= 15 is 0 Å². The molecule has 6 heteroatoms. The summed E-state index contributed by atoms with van der Waals surface area (Å²) < 4.78 is 0. The Morgan fingerprint density at radius 1 is 0.773 bits per heavy atom. The van der Waals surface area contributed by atoms with Gasteiger partial charge in [-0.1, -0.05) is 26.7 Å². The fraction of sp³-hybridized carbons (Fsp3) is 0.750. The molecule has 0 spiro atoms. The van der Waals surface area contributed by atoms with Crippen LogP contribution in [0.1, 0.15) is 39.5 Å². The smallest absolute Gasteiger partial charge is 0.157 e. The van der Waals surface area contributed by atoms with Gasteiger partial charge in [0.2, 0.25) is 0 Å². The van der Waals surface area contributed by atoms with Crippen molar-refractivity contribution >= 4 is 0 Å². The topological polar surface area (TPSA) is 15.4 Å². The minimum atomic E-state index is 0. The van der Waals surface area contributed by atoms with Gasteiger partial charge in [0.1, 0.15) is 25.5 Å². The van der Waals surface area contributed by atoms with E-state index in [1.54, 1.807) is 9.80 Å². The Balaban J connectivity index is 0.00000220. The number of hydrogen-bond acceptors (Lipinski definition) is 2. The molecule has 0 saturated heterocycles. The Morgan fingerprint density at radius 3 is 1.55 bits per heavy atom. The molecule has 130 valence electrons. The predicted molar refractivity (Wildman–Crippen MR) is 82.9 cm³/mol. The number of nitrogens with one attached hydrogen (secondary N) is 2. The minimum absolute atomic E-state index is 0. The van der Waals surface area contributed by atoms with Gasteiger partial charge in [0, 0.05) is 13.1 Å². The highest BCUT2D eigenvalue weighted by molar-refractivity contribution is 4.79. The normalized spacial score (nSPS) is 22.8. The van der Waals surface area contributed by atoms with E-state index in [0.717, 1.165) is 13.3 Å². The largest absolute Gasteiger partial charge is 1.00 e. The number of quaternary nitrogens is 2. The molecule has 0 bridgehead atoms. The van der Waals surface area contributed by atoms with Crippen LogP contribution < -0.4 is 43.8 Å². The van der Waals surface area contributed by atoms with Crippen LogP contribution in [0.5, 0.6) is 0 Å². The summed E-state index contributed by atoms with van der Waals surface area (Å²) in [5, 5.41) is 0. The van der Waals surface area contributed by atoms with Gasteiger partial charge < -0.3 is 43.8 Å². The molecule has 0 amide bonds. The van der Waals surface area contributed by atoms with Crippen molar-refractivity contribution in [1.29, 1.82) is 0 Å². The Morgan fingerprint density at radius 2 is 1.18 bits per heavy atom. The van der Waals surface area contributed by atoms with E-state index in [4.69, 9.17) is 0 Å². The Labute approximate surface area is 157 Å². The molecule has 0 aromatic rings. The third-order valence-corrected chi connectivity index (χ3v) is 4.22. The zero-order chi connectivity index (χ0) is 14.2. The van der Waals surface area contributed by atoms with E-state index in [-0.39, 0.29) is 34.0 Å². The number of nitrogens with zero attached hydrogens (tertiary/aromatic N) is 2. The lowest BCUT2D eigenvalue weighted by molar-refractivity contribution is -0.909. The lowest BCUT2D eigenvalue weighted by Crippen LogP contribution is -3.16. The van der Waals surface area contributed by atoms with Crippen LogP contribution in [0.25, 0.3) is 0 Å². The molecular weight excluding hydrogens is 408 g/mol. The van der Waals surface area contributed by atoms with Crippen molar-refractivity contribution in [3.05, 3.63) is 24.8 Å². The summed E-state index contributed by atoms with van der Waals surface area (Å²) in [5.74, 6) is 0. The van der Waals surface area contributed by atoms with Crippen molar-refractivity contribution in [1.82, 2.24) is 9.80 Å². The summed E-state index contributed by atoms with van der Waals surface area (Å²) in [6, 6.07) is 0. The summed E-state index contributed by atoms with van der Waals surface area (Å²) in [6.07, 6.45) is 14.4. The maximum Gasteiger partial charge on any atom is 0.157 e. The number of halogens is 2. The second-order valence-corrected chi connectivity index (χ2v) is 6.10. The van der Waals surface area contributed by atoms with Crippen molar-refractivity contribution in [3.8, 4) is 0 Å². The molecule has 2 N–H and O–H groups in total. The quantitative estimate of drug-likeness (QED) is 0.371. The highest BCUT2D eigenvalue weighted by atomic mass is 79.9. The Kier molecular flexibility index (Phi) is 12.4. The molecule has 0 fully saturated rings. The average molecular weight is 440 g/mol. The first-order valence-corrected chi connectivity index (χ1v) is 8.35. The molecule has 0 aromatic carbocycles. The van der Waals surface area contributed by atoms with Crippen LogP contribution >= 0.6 is 0 Å². The maximum absolute atomic E-state index is 2.46. The minimum Gasteiger partial charge on any atom is -1.00 e. The van der Waals surface area contributed by atoms with Gasteiger partial charge in [-0.3, -0.25) is 9.80 Å². The van der Waals surface area contributed by atoms with Gasteiger partial charge in [-0.05, 0) is 12.8 Å². The van der Waals surface area contributed by atoms with Crippen LogP contribution in [0.4, 0.5) is 0 Å². The van der Waals surface area contributed by atoms with Crippen molar-refractivity contribution in [3.63, 3.8) is 0 Å². The Hall–Kier alpha value is -0.0400. The van der Waals surface area contributed by atoms with Crippen molar-refractivity contribution in [2.45, 2.75) is 39.5 Å². The fourth-order valence-corrected chi connectivity index (χ4v) is 2.83. The molecule has 0 saturated carbocycles. The lowest BCUT2D eigenvalue weighted by atomic mass is 10.3. The van der Waals surface area contributed by atoms with Crippen LogP contribution in [-0.4, -0.2) is 49.3 Å². The molecule has 4 nitrogen and oxygen atoms in total. The summed E-state index contributed by atoms with van der Waals surface area (Å²) in [4.78, 5) is 8.13. The first-order valence-electron chi connectivity index (χ1n) is 8.35. The van der Waals surface area contributed by atoms with E-state index in [0.29, 0.717) is 0 Å². The molecule has 0 aromatic heterocycles. The third-order valence-electron chi connectivity index (χ3n) is 4.22. The molecule has 2 aliphatic heterocycles. The zero-order valence-corrected chi connectivity index (χ0v) is 17.2. The summed E-state index contributed by atoms with van der Waals surface area (Å²) in [5.41, 5.74) is 0. The van der Waals surface area contributed by atoms with E-state index in [1.807, 2.05) is 0 Å². The van der Waals surface area contributed by atoms with Crippen LogP contribution in [-0.2, 0) is 0 Å². The predicted octanol–water partition coefficient (Wildman–Crippen LogP) is -6.15. The Bertz CT molecular complexity index is 304. The van der Waals surface area contributed by atoms with Gasteiger partial charge in [0.25, 0.3) is 0 Å². The SMILES string of the molecule is CCCCN1C=C[NH+](CC[NH+]2C=CN(CCCC)C2)C1.[Br-].[Br-]. The van der Waals surface area contributed by atoms with Gasteiger partial charge >= 0.3 is 0 Å². The summed E-state index contributed by atoms with van der Waals surface area (Å²) in [7, 11) is 0. The van der Waals surface area contributed by atoms with Crippen LogP contribution in [0.2, 0.25) is 0 Å². The molecule has 2 atom stereocenters. The molecule has 22 heavy (non-hydrogen) atoms. The molecule has 2 heterocycles. The van der Waals surface area contributed by atoms with Crippen LogP contribution in [0.15, 0.2) is 24.8 Å². The average Bonchev–Trinajstić information content (AvgIpc) is 3.10. The van der Waals surface area contributed by atoms with Gasteiger partial charge in [-0.15, -0.1) is 0 Å². The van der Waals surface area contributed by atoms with Crippen LogP contribution in [0.3, 0.4) is 0 Å². The van der Waals surface area contributed by atoms with E-state index in [9.17, 15) is 0 Å². The van der Waals surface area contributed by atoms with Crippen molar-refractivity contribution in [2.75, 3.05) is 39.5 Å². The third kappa shape index (κ3) is 7.49. The second-order valence-electron chi connectivity index (χ2n) is 6.10. The highest BCUT2D eigenvalue weighted by Crippen LogP contribution is 1.96. The molecule has 2 aliphatic rings.